The molecule has 0 atom stereocenters. The second-order valence-electron chi connectivity index (χ2n) is 15.1. The van der Waals surface area contributed by atoms with E-state index in [1.165, 1.54) is 110 Å². The molecule has 0 aliphatic heterocycles. The fourth-order valence-electron chi connectivity index (χ4n) is 9.30. The van der Waals surface area contributed by atoms with Crippen LogP contribution < -0.4 is 0 Å². The summed E-state index contributed by atoms with van der Waals surface area (Å²) in [4.78, 5) is 0. The largest absolute Gasteiger partial charge is 0.0622 e. The molecule has 58 heavy (non-hydrogen) atoms. The van der Waals surface area contributed by atoms with Crippen molar-refractivity contribution in [2.75, 3.05) is 0 Å². The van der Waals surface area contributed by atoms with Crippen molar-refractivity contribution in [1.82, 2.24) is 0 Å². The summed E-state index contributed by atoms with van der Waals surface area (Å²) in [5.74, 6) is 0. The fourth-order valence-corrected chi connectivity index (χ4v) is 9.30. The van der Waals surface area contributed by atoms with Crippen LogP contribution in [-0.4, -0.2) is 0 Å². The Hall–Kier alpha value is -7.54. The summed E-state index contributed by atoms with van der Waals surface area (Å²) in [6.07, 6.45) is 0. The highest BCUT2D eigenvalue weighted by molar-refractivity contribution is 6.25. The average molecular weight is 735 g/mol. The minimum absolute atomic E-state index is 1.22. The first-order chi connectivity index (χ1) is 28.8. The summed E-state index contributed by atoms with van der Waals surface area (Å²) in [6, 6.07) is 84.4. The minimum atomic E-state index is 1.22. The van der Waals surface area contributed by atoms with Gasteiger partial charge in [0.25, 0.3) is 0 Å². The highest BCUT2D eigenvalue weighted by atomic mass is 14.2. The first-order valence-electron chi connectivity index (χ1n) is 20.1. The number of rotatable bonds is 6. The lowest BCUT2D eigenvalue weighted by Crippen LogP contribution is -1.93. The molecule has 11 aromatic rings. The standard InChI is InChI=1S/C58H38/c1-4-17-39(18-5-1)40-31-33-43(34-32-40)56-51-25-12-14-27-53(51)58(54-28-15-13-26-52(54)56)55-38-37-48(46-23-10-11-24-47(46)55)49-36-35-45(42-21-8-3-9-22-42)57-44(29-16-30-50(49)57)41-19-6-2-7-20-41/h1-38H. The molecular formula is C58H38. The molecule has 0 aliphatic rings. The van der Waals surface area contributed by atoms with Crippen LogP contribution in [0.2, 0.25) is 0 Å². The lowest BCUT2D eigenvalue weighted by atomic mass is 9.82. The quantitative estimate of drug-likeness (QED) is 0.149. The molecule has 270 valence electrons. The number of benzene rings is 11. The number of hydrogen-bond donors (Lipinski definition) is 0. The molecule has 0 heteroatoms. The maximum atomic E-state index is 2.37. The molecule has 0 N–H and O–H groups in total. The number of fused-ring (bicyclic) bond motifs is 4. The Balaban J connectivity index is 1.14. The zero-order valence-electron chi connectivity index (χ0n) is 31.9. The van der Waals surface area contributed by atoms with Crippen molar-refractivity contribution in [3.8, 4) is 66.8 Å². The third-order valence-electron chi connectivity index (χ3n) is 11.9. The van der Waals surface area contributed by atoms with Crippen molar-refractivity contribution in [1.29, 1.82) is 0 Å². The van der Waals surface area contributed by atoms with Gasteiger partial charge in [0.1, 0.15) is 0 Å². The second kappa shape index (κ2) is 14.2. The normalized spacial score (nSPS) is 11.4. The van der Waals surface area contributed by atoms with Gasteiger partial charge >= 0.3 is 0 Å². The van der Waals surface area contributed by atoms with E-state index in [0.717, 1.165) is 0 Å². The first-order valence-corrected chi connectivity index (χ1v) is 20.1. The zero-order valence-corrected chi connectivity index (χ0v) is 31.9. The Morgan fingerprint density at radius 2 is 0.500 bits per heavy atom. The predicted molar refractivity (Wildman–Crippen MR) is 249 cm³/mol. The summed E-state index contributed by atoms with van der Waals surface area (Å²) in [6.45, 7) is 0. The van der Waals surface area contributed by atoms with E-state index in [-0.39, 0.29) is 0 Å². The van der Waals surface area contributed by atoms with E-state index in [4.69, 9.17) is 0 Å². The van der Waals surface area contributed by atoms with Gasteiger partial charge in [-0.25, -0.2) is 0 Å². The van der Waals surface area contributed by atoms with Crippen LogP contribution in [0.1, 0.15) is 0 Å². The molecule has 0 nitrogen and oxygen atoms in total. The van der Waals surface area contributed by atoms with E-state index in [1.54, 1.807) is 0 Å². The molecule has 0 aromatic heterocycles. The Bertz CT molecular complexity index is 3180. The van der Waals surface area contributed by atoms with Crippen molar-refractivity contribution in [3.05, 3.63) is 231 Å². The van der Waals surface area contributed by atoms with E-state index in [0.29, 0.717) is 0 Å². The average Bonchev–Trinajstić information content (AvgIpc) is 3.31. The molecule has 0 fully saturated rings. The van der Waals surface area contributed by atoms with Crippen LogP contribution in [0.15, 0.2) is 231 Å². The Kier molecular flexibility index (Phi) is 8.26. The Morgan fingerprint density at radius 1 is 0.155 bits per heavy atom. The van der Waals surface area contributed by atoms with Gasteiger partial charge in [-0.1, -0.05) is 231 Å². The van der Waals surface area contributed by atoms with E-state index in [2.05, 4.69) is 231 Å². The van der Waals surface area contributed by atoms with Crippen molar-refractivity contribution in [2.45, 2.75) is 0 Å². The summed E-state index contributed by atoms with van der Waals surface area (Å²) in [7, 11) is 0. The summed E-state index contributed by atoms with van der Waals surface area (Å²) < 4.78 is 0. The van der Waals surface area contributed by atoms with E-state index >= 15 is 0 Å². The van der Waals surface area contributed by atoms with Gasteiger partial charge in [-0.3, -0.25) is 0 Å². The molecule has 0 bridgehead atoms. The molecule has 0 saturated heterocycles. The molecule has 0 amide bonds. The third kappa shape index (κ3) is 5.61. The van der Waals surface area contributed by atoms with Crippen LogP contribution in [0.5, 0.6) is 0 Å². The van der Waals surface area contributed by atoms with E-state index in [1.807, 2.05) is 0 Å². The fraction of sp³-hybridized carbons (Fsp3) is 0. The van der Waals surface area contributed by atoms with Gasteiger partial charge < -0.3 is 0 Å². The van der Waals surface area contributed by atoms with Crippen LogP contribution >= 0.6 is 0 Å². The lowest BCUT2D eigenvalue weighted by molar-refractivity contribution is 1.61. The van der Waals surface area contributed by atoms with Crippen molar-refractivity contribution >= 4 is 43.1 Å². The molecular weight excluding hydrogens is 697 g/mol. The van der Waals surface area contributed by atoms with Gasteiger partial charge in [0.05, 0.1) is 0 Å². The summed E-state index contributed by atoms with van der Waals surface area (Å²) in [5.41, 5.74) is 14.9. The van der Waals surface area contributed by atoms with Gasteiger partial charge in [-0.15, -0.1) is 0 Å². The minimum Gasteiger partial charge on any atom is -0.0622 e. The molecule has 0 spiro atoms. The van der Waals surface area contributed by atoms with Crippen molar-refractivity contribution in [3.63, 3.8) is 0 Å². The molecule has 0 aliphatic carbocycles. The lowest BCUT2D eigenvalue weighted by Gasteiger charge is -2.21. The zero-order chi connectivity index (χ0) is 38.4. The van der Waals surface area contributed by atoms with Crippen LogP contribution in [0.4, 0.5) is 0 Å². The summed E-state index contributed by atoms with van der Waals surface area (Å²) >= 11 is 0. The van der Waals surface area contributed by atoms with E-state index in [9.17, 15) is 0 Å². The topological polar surface area (TPSA) is 0 Å². The van der Waals surface area contributed by atoms with Crippen LogP contribution in [0.25, 0.3) is 110 Å². The number of hydrogen-bond acceptors (Lipinski definition) is 0. The molecule has 0 radical (unpaired) electrons. The molecule has 0 heterocycles. The maximum Gasteiger partial charge on any atom is -0.00201 e. The van der Waals surface area contributed by atoms with Gasteiger partial charge in [0.2, 0.25) is 0 Å². The van der Waals surface area contributed by atoms with Gasteiger partial charge in [-0.2, -0.15) is 0 Å². The molecule has 0 unspecified atom stereocenters. The maximum absolute atomic E-state index is 2.37. The highest BCUT2D eigenvalue weighted by Crippen LogP contribution is 2.48. The third-order valence-corrected chi connectivity index (χ3v) is 11.9. The second-order valence-corrected chi connectivity index (χ2v) is 15.1. The SMILES string of the molecule is c1ccc(-c2ccc(-c3c4ccccc4c(-c4ccc(-c5ccc(-c6ccccc6)c6c(-c7ccccc7)cccc56)c5ccccc45)c4ccccc34)cc2)cc1. The smallest absolute Gasteiger partial charge is 0.00201 e. The monoisotopic (exact) mass is 734 g/mol. The van der Waals surface area contributed by atoms with Crippen molar-refractivity contribution < 1.29 is 0 Å². The van der Waals surface area contributed by atoms with Gasteiger partial charge in [-0.05, 0) is 110 Å². The van der Waals surface area contributed by atoms with Crippen molar-refractivity contribution in [2.24, 2.45) is 0 Å². The molecule has 0 saturated carbocycles. The van der Waals surface area contributed by atoms with Gasteiger partial charge in [0, 0.05) is 0 Å². The van der Waals surface area contributed by atoms with Crippen LogP contribution in [-0.2, 0) is 0 Å². The Labute approximate surface area is 339 Å². The predicted octanol–water partition coefficient (Wildman–Crippen LogP) is 16.3. The van der Waals surface area contributed by atoms with Crippen LogP contribution in [0, 0.1) is 0 Å². The molecule has 11 rings (SSSR count). The first kappa shape index (κ1) is 33.8. The summed E-state index contributed by atoms with van der Waals surface area (Å²) in [5, 5.41) is 10.0. The van der Waals surface area contributed by atoms with Crippen LogP contribution in [0.3, 0.4) is 0 Å². The highest BCUT2D eigenvalue weighted by Gasteiger charge is 2.21. The Morgan fingerprint density at radius 3 is 1.05 bits per heavy atom. The van der Waals surface area contributed by atoms with Gasteiger partial charge in [0.15, 0.2) is 0 Å². The molecule has 11 aromatic carbocycles. The van der Waals surface area contributed by atoms with E-state index < -0.39 is 0 Å².